The van der Waals surface area contributed by atoms with Gasteiger partial charge in [0, 0.05) is 18.3 Å². The van der Waals surface area contributed by atoms with E-state index in [9.17, 15) is 4.79 Å². The van der Waals surface area contributed by atoms with Crippen molar-refractivity contribution in [1.29, 1.82) is 0 Å². The lowest BCUT2D eigenvalue weighted by atomic mass is 10.1. The van der Waals surface area contributed by atoms with Crippen LogP contribution >= 0.6 is 11.8 Å². The van der Waals surface area contributed by atoms with Crippen LogP contribution < -0.4 is 10.6 Å². The molecule has 0 heterocycles. The van der Waals surface area contributed by atoms with Crippen LogP contribution in [0, 0.1) is 5.92 Å². The highest BCUT2D eigenvalue weighted by Gasteiger charge is 2.04. The van der Waals surface area contributed by atoms with Crippen molar-refractivity contribution < 1.29 is 4.79 Å². The highest BCUT2D eigenvalue weighted by molar-refractivity contribution is 7.98. The van der Waals surface area contributed by atoms with Crippen molar-refractivity contribution in [3.05, 3.63) is 0 Å². The molecule has 0 aromatic heterocycles. The summed E-state index contributed by atoms with van der Waals surface area (Å²) < 4.78 is 0. The van der Waals surface area contributed by atoms with E-state index >= 15 is 0 Å². The van der Waals surface area contributed by atoms with Gasteiger partial charge in [0.1, 0.15) is 0 Å². The Kier molecular flexibility index (Phi) is 8.91. The molecule has 1 atom stereocenters. The molecule has 1 unspecified atom stereocenters. The summed E-state index contributed by atoms with van der Waals surface area (Å²) >= 11 is 1.79. The second-order valence-electron chi connectivity index (χ2n) is 4.27. The molecule has 1 amide bonds. The van der Waals surface area contributed by atoms with Crippen LogP contribution in [0.15, 0.2) is 0 Å². The summed E-state index contributed by atoms with van der Waals surface area (Å²) in [5.41, 5.74) is 0. The van der Waals surface area contributed by atoms with Crippen LogP contribution in [0.4, 0.5) is 0 Å². The second-order valence-corrected chi connectivity index (χ2v) is 5.18. The van der Waals surface area contributed by atoms with Crippen LogP contribution in [-0.2, 0) is 4.79 Å². The van der Waals surface area contributed by atoms with E-state index in [0.29, 0.717) is 18.5 Å². The van der Waals surface area contributed by atoms with Crippen molar-refractivity contribution in [3.8, 4) is 0 Å². The summed E-state index contributed by atoms with van der Waals surface area (Å²) in [6.45, 7) is 7.63. The fourth-order valence-electron chi connectivity index (χ4n) is 1.14. The van der Waals surface area contributed by atoms with Crippen molar-refractivity contribution in [2.45, 2.75) is 33.2 Å². The van der Waals surface area contributed by atoms with E-state index in [1.165, 1.54) is 0 Å². The van der Waals surface area contributed by atoms with E-state index in [1.807, 2.05) is 0 Å². The molecular formula is C11H24N2OS. The zero-order valence-corrected chi connectivity index (χ0v) is 11.1. The van der Waals surface area contributed by atoms with Crippen LogP contribution in [0.2, 0.25) is 0 Å². The average molecular weight is 232 g/mol. The van der Waals surface area contributed by atoms with Gasteiger partial charge in [-0.05, 0) is 25.5 Å². The molecule has 90 valence electrons. The van der Waals surface area contributed by atoms with Gasteiger partial charge in [-0.1, -0.05) is 13.8 Å². The Bertz CT molecular complexity index is 174. The summed E-state index contributed by atoms with van der Waals surface area (Å²) in [6, 6.07) is 0.399. The first-order valence-corrected chi connectivity index (χ1v) is 6.94. The maximum absolute atomic E-state index is 11.4. The normalized spacial score (nSPS) is 12.9. The quantitative estimate of drug-likeness (QED) is 0.666. The standard InChI is InChI=1S/C11H24N2OS/c1-9(2)5-6-12-11(14)7-13-10(3)8-15-4/h9-10,13H,5-8H2,1-4H3,(H,12,14). The smallest absolute Gasteiger partial charge is 0.233 e. The molecule has 0 radical (unpaired) electrons. The van der Waals surface area contributed by atoms with Crippen molar-refractivity contribution in [3.63, 3.8) is 0 Å². The third-order valence-electron chi connectivity index (χ3n) is 2.07. The summed E-state index contributed by atoms with van der Waals surface area (Å²) in [5.74, 6) is 1.79. The molecule has 0 bridgehead atoms. The van der Waals surface area contributed by atoms with E-state index in [2.05, 4.69) is 37.7 Å². The number of nitrogens with one attached hydrogen (secondary N) is 2. The highest BCUT2D eigenvalue weighted by atomic mass is 32.2. The van der Waals surface area contributed by atoms with Crippen molar-refractivity contribution in [2.24, 2.45) is 5.92 Å². The third kappa shape index (κ3) is 10.1. The Morgan fingerprint density at radius 3 is 2.53 bits per heavy atom. The molecular weight excluding hydrogens is 208 g/mol. The van der Waals surface area contributed by atoms with Crippen LogP contribution in [0.5, 0.6) is 0 Å². The molecule has 15 heavy (non-hydrogen) atoms. The Morgan fingerprint density at radius 2 is 2.00 bits per heavy atom. The lowest BCUT2D eigenvalue weighted by Gasteiger charge is -2.12. The van der Waals surface area contributed by atoms with Crippen molar-refractivity contribution in [2.75, 3.05) is 25.1 Å². The van der Waals surface area contributed by atoms with Gasteiger partial charge in [-0.3, -0.25) is 4.79 Å². The Hall–Kier alpha value is -0.220. The zero-order chi connectivity index (χ0) is 11.7. The fraction of sp³-hybridized carbons (Fsp3) is 0.909. The molecule has 0 fully saturated rings. The SMILES string of the molecule is CSCC(C)NCC(=O)NCCC(C)C. The minimum Gasteiger partial charge on any atom is -0.355 e. The van der Waals surface area contributed by atoms with Gasteiger partial charge in [0.25, 0.3) is 0 Å². The number of carbonyl (C=O) groups is 1. The minimum absolute atomic E-state index is 0.101. The first-order chi connectivity index (χ1) is 7.06. The monoisotopic (exact) mass is 232 g/mol. The Balaban J connectivity index is 3.40. The number of hydrogen-bond donors (Lipinski definition) is 2. The van der Waals surface area contributed by atoms with Gasteiger partial charge >= 0.3 is 0 Å². The molecule has 4 heteroatoms. The average Bonchev–Trinajstić information content (AvgIpc) is 2.14. The van der Waals surface area contributed by atoms with Gasteiger partial charge < -0.3 is 10.6 Å². The summed E-state index contributed by atoms with van der Waals surface area (Å²) in [4.78, 5) is 11.4. The van der Waals surface area contributed by atoms with E-state index in [4.69, 9.17) is 0 Å². The molecule has 0 saturated carbocycles. The predicted molar refractivity (Wildman–Crippen MR) is 68.3 cm³/mol. The van der Waals surface area contributed by atoms with Crippen LogP contribution in [0.3, 0.4) is 0 Å². The van der Waals surface area contributed by atoms with Gasteiger partial charge in [0.2, 0.25) is 5.91 Å². The van der Waals surface area contributed by atoms with E-state index in [1.54, 1.807) is 11.8 Å². The first-order valence-electron chi connectivity index (χ1n) is 5.55. The number of rotatable bonds is 8. The molecule has 0 aliphatic rings. The summed E-state index contributed by atoms with van der Waals surface area (Å²) in [6.07, 6.45) is 3.12. The predicted octanol–water partition coefficient (Wildman–Crippen LogP) is 1.49. The second kappa shape index (κ2) is 9.04. The zero-order valence-electron chi connectivity index (χ0n) is 10.3. The first kappa shape index (κ1) is 14.8. The van der Waals surface area contributed by atoms with Crippen molar-refractivity contribution in [1.82, 2.24) is 10.6 Å². The minimum atomic E-state index is 0.101. The molecule has 0 aliphatic carbocycles. The van der Waals surface area contributed by atoms with Crippen LogP contribution in [-0.4, -0.2) is 37.0 Å². The molecule has 2 N–H and O–H groups in total. The van der Waals surface area contributed by atoms with Gasteiger partial charge in [-0.25, -0.2) is 0 Å². The molecule has 0 aliphatic heterocycles. The van der Waals surface area contributed by atoms with E-state index < -0.39 is 0 Å². The van der Waals surface area contributed by atoms with Gasteiger partial charge in [0.05, 0.1) is 6.54 Å². The summed E-state index contributed by atoms with van der Waals surface area (Å²) in [7, 11) is 0. The van der Waals surface area contributed by atoms with Gasteiger partial charge in [0.15, 0.2) is 0 Å². The number of carbonyl (C=O) groups excluding carboxylic acids is 1. The lowest BCUT2D eigenvalue weighted by molar-refractivity contribution is -0.120. The number of amides is 1. The maximum Gasteiger partial charge on any atom is 0.233 e. The highest BCUT2D eigenvalue weighted by Crippen LogP contribution is 1.96. The topological polar surface area (TPSA) is 41.1 Å². The number of hydrogen-bond acceptors (Lipinski definition) is 3. The van der Waals surface area contributed by atoms with Gasteiger partial charge in [-0.15, -0.1) is 0 Å². The molecule has 0 spiro atoms. The Morgan fingerprint density at radius 1 is 1.33 bits per heavy atom. The number of thioether (sulfide) groups is 1. The third-order valence-corrected chi connectivity index (χ3v) is 2.90. The lowest BCUT2D eigenvalue weighted by Crippen LogP contribution is -2.39. The largest absolute Gasteiger partial charge is 0.355 e. The molecule has 0 rings (SSSR count). The van der Waals surface area contributed by atoms with Crippen LogP contribution in [0.1, 0.15) is 27.2 Å². The Labute approximate surface area is 97.8 Å². The van der Waals surface area contributed by atoms with Crippen LogP contribution in [0.25, 0.3) is 0 Å². The molecule has 0 aromatic rings. The van der Waals surface area contributed by atoms with Gasteiger partial charge in [-0.2, -0.15) is 11.8 Å². The van der Waals surface area contributed by atoms with E-state index in [-0.39, 0.29) is 5.91 Å². The van der Waals surface area contributed by atoms with Crippen molar-refractivity contribution >= 4 is 17.7 Å². The molecule has 0 aromatic carbocycles. The molecule has 3 nitrogen and oxygen atoms in total. The fourth-order valence-corrected chi connectivity index (χ4v) is 1.76. The molecule has 0 saturated heterocycles. The maximum atomic E-state index is 11.4. The van der Waals surface area contributed by atoms with E-state index in [0.717, 1.165) is 18.7 Å². The summed E-state index contributed by atoms with van der Waals surface area (Å²) in [5, 5.41) is 6.09.